The third kappa shape index (κ3) is 4.02. The first-order valence-corrected chi connectivity index (χ1v) is 8.67. The zero-order valence-corrected chi connectivity index (χ0v) is 14.6. The molecule has 3 rings (SSSR count). The van der Waals surface area contributed by atoms with Crippen LogP contribution in [0.3, 0.4) is 0 Å². The van der Waals surface area contributed by atoms with Gasteiger partial charge >= 0.3 is 0 Å². The van der Waals surface area contributed by atoms with Gasteiger partial charge < -0.3 is 5.32 Å². The van der Waals surface area contributed by atoms with Crippen molar-refractivity contribution in [3.8, 4) is 0 Å². The quantitative estimate of drug-likeness (QED) is 0.905. The fourth-order valence-corrected chi connectivity index (χ4v) is 3.00. The molecule has 0 radical (unpaired) electrons. The lowest BCUT2D eigenvalue weighted by molar-refractivity contribution is -0.126. The van der Waals surface area contributed by atoms with Crippen molar-refractivity contribution in [2.24, 2.45) is 0 Å². The van der Waals surface area contributed by atoms with Crippen LogP contribution in [0.1, 0.15) is 36.5 Å². The number of hydrogen-bond acceptors (Lipinski definition) is 4. The Morgan fingerprint density at radius 2 is 2.20 bits per heavy atom. The van der Waals surface area contributed by atoms with E-state index in [1.54, 1.807) is 18.2 Å². The lowest BCUT2D eigenvalue weighted by atomic mass is 10.0. The number of halogens is 1. The summed E-state index contributed by atoms with van der Waals surface area (Å²) < 4.78 is 13.7. The number of amides is 1. The second-order valence-corrected chi connectivity index (χ2v) is 6.32. The summed E-state index contributed by atoms with van der Waals surface area (Å²) in [5.41, 5.74) is 2.66. The van der Waals surface area contributed by atoms with Crippen LogP contribution in [-0.2, 0) is 30.7 Å². The largest absolute Gasteiger partial charge is 0.351 e. The molecule has 1 aliphatic rings. The Bertz CT molecular complexity index is 765. The van der Waals surface area contributed by atoms with Crippen molar-refractivity contribution in [3.05, 3.63) is 58.9 Å². The molecule has 1 amide bonds. The molecule has 0 saturated carbocycles. The predicted molar refractivity (Wildman–Crippen MR) is 93.2 cm³/mol. The van der Waals surface area contributed by atoms with Gasteiger partial charge in [-0.15, -0.1) is 0 Å². The summed E-state index contributed by atoms with van der Waals surface area (Å²) >= 11 is 0. The van der Waals surface area contributed by atoms with E-state index in [2.05, 4.69) is 20.2 Å². The minimum absolute atomic E-state index is 0.100. The van der Waals surface area contributed by atoms with Crippen LogP contribution in [0.25, 0.3) is 0 Å². The van der Waals surface area contributed by atoms with Gasteiger partial charge in [-0.05, 0) is 25.0 Å². The Morgan fingerprint density at radius 1 is 1.40 bits per heavy atom. The van der Waals surface area contributed by atoms with Crippen molar-refractivity contribution in [1.29, 1.82) is 0 Å². The molecule has 0 spiro atoms. The van der Waals surface area contributed by atoms with Gasteiger partial charge in [-0.2, -0.15) is 0 Å². The Kier molecular flexibility index (Phi) is 5.38. The van der Waals surface area contributed by atoms with Gasteiger partial charge in [0.1, 0.15) is 11.6 Å². The minimum atomic E-state index is -0.300. The number of benzene rings is 1. The fraction of sp³-hybridized carbons (Fsp3) is 0.421. The second-order valence-electron chi connectivity index (χ2n) is 6.32. The minimum Gasteiger partial charge on any atom is -0.351 e. The number of rotatable bonds is 5. The van der Waals surface area contributed by atoms with Crippen LogP contribution in [0.2, 0.25) is 0 Å². The molecule has 1 aromatic heterocycles. The average Bonchev–Trinajstić information content (AvgIpc) is 2.65. The van der Waals surface area contributed by atoms with E-state index in [0.717, 1.165) is 36.5 Å². The maximum Gasteiger partial charge on any atom is 0.237 e. The van der Waals surface area contributed by atoms with Gasteiger partial charge in [-0.25, -0.2) is 14.4 Å². The van der Waals surface area contributed by atoms with E-state index in [1.165, 1.54) is 6.07 Å². The van der Waals surface area contributed by atoms with Crippen LogP contribution >= 0.6 is 0 Å². The number of nitrogens with one attached hydrogen (secondary N) is 1. The Labute approximate surface area is 147 Å². The highest BCUT2D eigenvalue weighted by Crippen LogP contribution is 2.18. The van der Waals surface area contributed by atoms with Crippen LogP contribution in [0.15, 0.2) is 30.5 Å². The van der Waals surface area contributed by atoms with Crippen LogP contribution in [0.4, 0.5) is 4.39 Å². The molecule has 25 heavy (non-hydrogen) atoms. The average molecular weight is 342 g/mol. The maximum atomic E-state index is 13.7. The highest BCUT2D eigenvalue weighted by atomic mass is 19.1. The molecule has 1 N–H and O–H groups in total. The Morgan fingerprint density at radius 3 is 2.96 bits per heavy atom. The van der Waals surface area contributed by atoms with Gasteiger partial charge in [0.05, 0.1) is 11.7 Å². The van der Waals surface area contributed by atoms with E-state index in [1.807, 2.05) is 20.0 Å². The molecule has 2 aromatic rings. The van der Waals surface area contributed by atoms with E-state index in [0.29, 0.717) is 12.1 Å². The number of nitrogens with zero attached hydrogens (tertiary/aromatic N) is 3. The van der Waals surface area contributed by atoms with Gasteiger partial charge in [0.25, 0.3) is 0 Å². The summed E-state index contributed by atoms with van der Waals surface area (Å²) in [5.74, 6) is 0.430. The van der Waals surface area contributed by atoms with Gasteiger partial charge in [0, 0.05) is 37.8 Å². The van der Waals surface area contributed by atoms with Crippen molar-refractivity contribution in [2.75, 3.05) is 6.54 Å². The number of aromatic nitrogens is 2. The monoisotopic (exact) mass is 342 g/mol. The zero-order chi connectivity index (χ0) is 17.8. The Hall–Kier alpha value is -2.34. The molecule has 0 saturated heterocycles. The Balaban J connectivity index is 1.61. The molecular formula is C19H23FN4O. The van der Waals surface area contributed by atoms with E-state index < -0.39 is 0 Å². The number of aryl methyl sites for hydroxylation is 1. The first kappa shape index (κ1) is 17.5. The molecule has 5 nitrogen and oxygen atoms in total. The molecule has 132 valence electrons. The van der Waals surface area contributed by atoms with Crippen molar-refractivity contribution in [3.63, 3.8) is 0 Å². The molecule has 2 heterocycles. The third-order valence-corrected chi connectivity index (χ3v) is 4.68. The molecular weight excluding hydrogens is 319 g/mol. The smallest absolute Gasteiger partial charge is 0.237 e. The number of hydrogen-bond donors (Lipinski definition) is 1. The molecule has 1 aliphatic heterocycles. The molecule has 1 atom stereocenters. The summed E-state index contributed by atoms with van der Waals surface area (Å²) in [6.45, 7) is 5.53. The SMILES string of the molecule is CCc1ncc2c(n1)CN([C@H](C)C(=O)NCc1ccccc1F)CC2. The fourth-order valence-electron chi connectivity index (χ4n) is 3.00. The first-order valence-electron chi connectivity index (χ1n) is 8.67. The van der Waals surface area contributed by atoms with E-state index in [4.69, 9.17) is 0 Å². The normalized spacial score (nSPS) is 15.5. The molecule has 0 unspecified atom stereocenters. The molecule has 0 bridgehead atoms. The summed E-state index contributed by atoms with van der Waals surface area (Å²) in [6, 6.07) is 6.19. The summed E-state index contributed by atoms with van der Waals surface area (Å²) in [5, 5.41) is 2.83. The number of carbonyl (C=O) groups is 1. The van der Waals surface area contributed by atoms with Gasteiger partial charge in [-0.3, -0.25) is 9.69 Å². The molecule has 0 fully saturated rings. The van der Waals surface area contributed by atoms with Crippen molar-refractivity contribution >= 4 is 5.91 Å². The highest BCUT2D eigenvalue weighted by molar-refractivity contribution is 5.81. The standard InChI is InChI=1S/C19H23FN4O/c1-3-18-21-11-15-8-9-24(12-17(15)23-18)13(2)19(25)22-10-14-6-4-5-7-16(14)20/h4-7,11,13H,3,8-10,12H2,1-2H3,(H,22,25)/t13-/m1/s1. The maximum absolute atomic E-state index is 13.7. The van der Waals surface area contributed by atoms with Crippen molar-refractivity contribution in [2.45, 2.75) is 45.8 Å². The van der Waals surface area contributed by atoms with E-state index in [9.17, 15) is 9.18 Å². The van der Waals surface area contributed by atoms with Crippen LogP contribution in [0, 0.1) is 5.82 Å². The third-order valence-electron chi connectivity index (χ3n) is 4.68. The van der Waals surface area contributed by atoms with Crippen molar-refractivity contribution < 1.29 is 9.18 Å². The van der Waals surface area contributed by atoms with E-state index >= 15 is 0 Å². The lowest BCUT2D eigenvalue weighted by Gasteiger charge is -2.32. The second kappa shape index (κ2) is 7.70. The van der Waals surface area contributed by atoms with Crippen molar-refractivity contribution in [1.82, 2.24) is 20.2 Å². The van der Waals surface area contributed by atoms with Gasteiger partial charge in [0.15, 0.2) is 0 Å². The lowest BCUT2D eigenvalue weighted by Crippen LogP contribution is -2.47. The topological polar surface area (TPSA) is 58.1 Å². The van der Waals surface area contributed by atoms with Crippen LogP contribution < -0.4 is 5.32 Å². The number of fused-ring (bicyclic) bond motifs is 1. The van der Waals surface area contributed by atoms with E-state index in [-0.39, 0.29) is 24.3 Å². The first-order chi connectivity index (χ1) is 12.1. The molecule has 0 aliphatic carbocycles. The number of carbonyl (C=O) groups excluding carboxylic acids is 1. The van der Waals surface area contributed by atoms with Gasteiger partial charge in [-0.1, -0.05) is 25.1 Å². The highest BCUT2D eigenvalue weighted by Gasteiger charge is 2.26. The molecule has 6 heteroatoms. The molecule has 1 aromatic carbocycles. The summed E-state index contributed by atoms with van der Waals surface area (Å²) in [4.78, 5) is 23.5. The van der Waals surface area contributed by atoms with Crippen LogP contribution in [-0.4, -0.2) is 33.4 Å². The predicted octanol–water partition coefficient (Wildman–Crippen LogP) is 2.24. The van der Waals surface area contributed by atoms with Gasteiger partial charge in [0.2, 0.25) is 5.91 Å². The summed E-state index contributed by atoms with van der Waals surface area (Å²) in [6.07, 6.45) is 3.54. The van der Waals surface area contributed by atoms with Crippen LogP contribution in [0.5, 0.6) is 0 Å². The summed E-state index contributed by atoms with van der Waals surface area (Å²) in [7, 11) is 0. The zero-order valence-electron chi connectivity index (χ0n) is 14.6.